The summed E-state index contributed by atoms with van der Waals surface area (Å²) >= 11 is 0. The number of carbonyl (C=O) groups excluding carboxylic acids is 1. The van der Waals surface area contributed by atoms with Crippen LogP contribution in [0.3, 0.4) is 0 Å². The number of rotatable bonds is 8. The van der Waals surface area contributed by atoms with E-state index in [2.05, 4.69) is 33.3 Å². The monoisotopic (exact) mass is 443 g/mol. The first-order valence-electron chi connectivity index (χ1n) is 11.2. The highest BCUT2D eigenvalue weighted by Gasteiger charge is 2.25. The van der Waals surface area contributed by atoms with Crippen LogP contribution in [0.5, 0.6) is 5.75 Å². The van der Waals surface area contributed by atoms with E-state index in [0.29, 0.717) is 23.6 Å². The first-order valence-corrected chi connectivity index (χ1v) is 11.2. The number of nitrogens with zero attached hydrogens (tertiary/aromatic N) is 2. The molecule has 33 heavy (non-hydrogen) atoms. The van der Waals surface area contributed by atoms with Crippen molar-refractivity contribution in [1.82, 2.24) is 20.2 Å². The van der Waals surface area contributed by atoms with Crippen molar-refractivity contribution in [3.05, 3.63) is 65.6 Å². The SMILES string of the molecule is C#CCOc1cccc(CNC2CCC=C(N(CC)C(=O)c3nc4cc(N)ccc4[nH]3)C2)c1. The van der Waals surface area contributed by atoms with Crippen molar-refractivity contribution in [2.45, 2.75) is 38.8 Å². The maximum atomic E-state index is 13.3. The Balaban J connectivity index is 1.40. The van der Waals surface area contributed by atoms with Crippen LogP contribution in [0.25, 0.3) is 11.0 Å². The average molecular weight is 444 g/mol. The largest absolute Gasteiger partial charge is 0.481 e. The molecule has 7 nitrogen and oxygen atoms in total. The van der Waals surface area contributed by atoms with Crippen molar-refractivity contribution in [3.8, 4) is 18.1 Å². The van der Waals surface area contributed by atoms with Gasteiger partial charge in [0.1, 0.15) is 12.4 Å². The molecule has 0 saturated heterocycles. The number of terminal acetylenes is 1. The molecule has 1 atom stereocenters. The van der Waals surface area contributed by atoms with Crippen LogP contribution in [0.4, 0.5) is 5.69 Å². The predicted octanol–water partition coefficient (Wildman–Crippen LogP) is 3.85. The van der Waals surface area contributed by atoms with E-state index < -0.39 is 0 Å². The molecule has 7 heteroatoms. The summed E-state index contributed by atoms with van der Waals surface area (Å²) in [5.74, 6) is 3.46. The molecule has 3 aromatic rings. The summed E-state index contributed by atoms with van der Waals surface area (Å²) in [5.41, 5.74) is 10.1. The molecule has 1 aliphatic carbocycles. The lowest BCUT2D eigenvalue weighted by Gasteiger charge is -2.30. The Kier molecular flexibility index (Phi) is 6.96. The summed E-state index contributed by atoms with van der Waals surface area (Å²) in [6.45, 7) is 3.53. The maximum Gasteiger partial charge on any atom is 0.293 e. The van der Waals surface area contributed by atoms with Crippen LogP contribution in [-0.2, 0) is 6.54 Å². The number of nitrogen functional groups attached to an aromatic ring is 1. The number of anilines is 1. The Morgan fingerprint density at radius 2 is 2.24 bits per heavy atom. The number of H-pyrrole nitrogens is 1. The molecule has 1 amide bonds. The highest BCUT2D eigenvalue weighted by atomic mass is 16.5. The van der Waals surface area contributed by atoms with E-state index >= 15 is 0 Å². The Morgan fingerprint density at radius 1 is 1.36 bits per heavy atom. The molecule has 4 N–H and O–H groups in total. The Morgan fingerprint density at radius 3 is 3.06 bits per heavy atom. The van der Waals surface area contributed by atoms with Crippen LogP contribution < -0.4 is 15.8 Å². The van der Waals surface area contributed by atoms with Crippen molar-refractivity contribution >= 4 is 22.6 Å². The van der Waals surface area contributed by atoms with Gasteiger partial charge in [-0.1, -0.05) is 24.1 Å². The molecule has 0 radical (unpaired) electrons. The molecule has 0 bridgehead atoms. The molecule has 4 rings (SSSR count). The first kappa shape index (κ1) is 22.4. The summed E-state index contributed by atoms with van der Waals surface area (Å²) in [6.07, 6.45) is 10.1. The fraction of sp³-hybridized carbons (Fsp3) is 0.308. The number of aromatic nitrogens is 2. The maximum absolute atomic E-state index is 13.3. The standard InChI is InChI=1S/C26H29N5O2/c1-3-13-33-22-10-5-7-18(14-22)17-28-20-8-6-9-21(16-20)31(4-2)26(32)25-29-23-12-11-19(27)15-24(23)30-25/h1,5,7,9-12,14-15,20,28H,4,6,8,13,16-17,27H2,2H3,(H,29,30). The molecule has 0 saturated carbocycles. The molecule has 1 heterocycles. The van der Waals surface area contributed by atoms with E-state index in [-0.39, 0.29) is 18.6 Å². The summed E-state index contributed by atoms with van der Waals surface area (Å²) in [7, 11) is 0. The number of hydrogen-bond acceptors (Lipinski definition) is 5. The second kappa shape index (κ2) is 10.2. The molecule has 2 aromatic carbocycles. The van der Waals surface area contributed by atoms with Gasteiger partial charge in [0.2, 0.25) is 0 Å². The van der Waals surface area contributed by atoms with Gasteiger partial charge in [-0.2, -0.15) is 0 Å². The fourth-order valence-electron chi connectivity index (χ4n) is 4.15. The minimum atomic E-state index is -0.127. The number of hydrogen-bond donors (Lipinski definition) is 3. The molecule has 1 unspecified atom stereocenters. The lowest BCUT2D eigenvalue weighted by molar-refractivity contribution is 0.0792. The van der Waals surface area contributed by atoms with Crippen molar-refractivity contribution in [2.75, 3.05) is 18.9 Å². The van der Waals surface area contributed by atoms with Crippen molar-refractivity contribution in [3.63, 3.8) is 0 Å². The van der Waals surface area contributed by atoms with Crippen LogP contribution in [0.1, 0.15) is 42.4 Å². The molecule has 1 aromatic heterocycles. The lowest BCUT2D eigenvalue weighted by atomic mass is 9.97. The number of nitrogens with two attached hydrogens (primary N) is 1. The molecular weight excluding hydrogens is 414 g/mol. The van der Waals surface area contributed by atoms with E-state index in [1.165, 1.54) is 0 Å². The fourth-order valence-corrected chi connectivity index (χ4v) is 4.15. The van der Waals surface area contributed by atoms with Crippen LogP contribution in [-0.4, -0.2) is 40.0 Å². The van der Waals surface area contributed by atoms with Crippen LogP contribution >= 0.6 is 0 Å². The zero-order chi connectivity index (χ0) is 23.2. The van der Waals surface area contributed by atoms with Gasteiger partial charge >= 0.3 is 0 Å². The third-order valence-electron chi connectivity index (χ3n) is 5.78. The Labute approximate surface area is 194 Å². The number of imidazole rings is 1. The minimum Gasteiger partial charge on any atom is -0.481 e. The number of nitrogens with one attached hydrogen (secondary N) is 2. The van der Waals surface area contributed by atoms with E-state index in [4.69, 9.17) is 16.9 Å². The average Bonchev–Trinajstić information content (AvgIpc) is 3.26. The number of aromatic amines is 1. The third kappa shape index (κ3) is 5.36. The smallest absolute Gasteiger partial charge is 0.293 e. The van der Waals surface area contributed by atoms with Gasteiger partial charge in [0.25, 0.3) is 5.91 Å². The summed E-state index contributed by atoms with van der Waals surface area (Å²) in [6, 6.07) is 13.6. The highest BCUT2D eigenvalue weighted by molar-refractivity contribution is 5.95. The molecule has 0 fully saturated rings. The van der Waals surface area contributed by atoms with E-state index in [0.717, 1.165) is 48.3 Å². The molecular formula is C26H29N5O2. The van der Waals surface area contributed by atoms with Crippen LogP contribution in [0.15, 0.2) is 54.2 Å². The predicted molar refractivity (Wildman–Crippen MR) is 131 cm³/mol. The highest BCUT2D eigenvalue weighted by Crippen LogP contribution is 2.24. The van der Waals surface area contributed by atoms with Crippen LogP contribution in [0, 0.1) is 12.3 Å². The lowest BCUT2D eigenvalue weighted by Crippen LogP contribution is -2.37. The van der Waals surface area contributed by atoms with E-state index in [1.807, 2.05) is 36.1 Å². The molecule has 0 spiro atoms. The van der Waals surface area contributed by atoms with Gasteiger partial charge in [-0.25, -0.2) is 4.98 Å². The number of amides is 1. The molecule has 170 valence electrons. The van der Waals surface area contributed by atoms with Crippen molar-refractivity contribution in [2.24, 2.45) is 0 Å². The quantitative estimate of drug-likeness (QED) is 0.363. The summed E-state index contributed by atoms with van der Waals surface area (Å²) < 4.78 is 5.51. The number of carbonyl (C=O) groups is 1. The molecule has 1 aliphatic rings. The zero-order valence-electron chi connectivity index (χ0n) is 18.8. The van der Waals surface area contributed by atoms with Crippen LogP contribution in [0.2, 0.25) is 0 Å². The topological polar surface area (TPSA) is 96.3 Å². The second-order valence-electron chi connectivity index (χ2n) is 8.11. The van der Waals surface area contributed by atoms with Gasteiger partial charge in [-0.3, -0.25) is 4.79 Å². The Hall–Kier alpha value is -3.76. The van der Waals surface area contributed by atoms with E-state index in [1.54, 1.807) is 12.1 Å². The van der Waals surface area contributed by atoms with E-state index in [9.17, 15) is 4.79 Å². The first-order chi connectivity index (χ1) is 16.1. The number of allylic oxidation sites excluding steroid dienone is 1. The minimum absolute atomic E-state index is 0.127. The van der Waals surface area contributed by atoms with Gasteiger partial charge in [-0.05, 0) is 55.7 Å². The van der Waals surface area contributed by atoms with Crippen molar-refractivity contribution < 1.29 is 9.53 Å². The third-order valence-corrected chi connectivity index (χ3v) is 5.78. The zero-order valence-corrected chi connectivity index (χ0v) is 18.8. The van der Waals surface area contributed by atoms with Gasteiger partial charge in [0.05, 0.1) is 11.0 Å². The summed E-state index contributed by atoms with van der Waals surface area (Å²) in [5, 5.41) is 3.62. The van der Waals surface area contributed by atoms with Gasteiger partial charge in [0, 0.05) is 36.9 Å². The van der Waals surface area contributed by atoms with Gasteiger partial charge < -0.3 is 25.7 Å². The van der Waals surface area contributed by atoms with Gasteiger partial charge in [0.15, 0.2) is 5.82 Å². The van der Waals surface area contributed by atoms with Crippen molar-refractivity contribution in [1.29, 1.82) is 0 Å². The van der Waals surface area contributed by atoms with Gasteiger partial charge in [-0.15, -0.1) is 6.42 Å². The summed E-state index contributed by atoms with van der Waals surface area (Å²) in [4.78, 5) is 22.7. The number of benzene rings is 2. The number of fused-ring (bicyclic) bond motifs is 1. The Bertz CT molecular complexity index is 1210. The molecule has 0 aliphatic heterocycles. The number of ether oxygens (including phenoxy) is 1. The second-order valence-corrected chi connectivity index (χ2v) is 8.11. The normalized spacial score (nSPS) is 15.6.